The molecular weight excluding hydrogens is 379 g/mol. The van der Waals surface area contributed by atoms with Gasteiger partial charge in [0, 0.05) is 13.6 Å². The van der Waals surface area contributed by atoms with Crippen molar-refractivity contribution in [3.63, 3.8) is 0 Å². The van der Waals surface area contributed by atoms with Crippen LogP contribution in [0.15, 0.2) is 18.2 Å². The minimum absolute atomic E-state index is 0.0288. The molecule has 9 heteroatoms. The highest BCUT2D eigenvalue weighted by Gasteiger charge is 2.41. The first kappa shape index (κ1) is 22.6. The van der Waals surface area contributed by atoms with Crippen molar-refractivity contribution < 1.29 is 26.8 Å². The van der Waals surface area contributed by atoms with E-state index in [1.807, 2.05) is 19.6 Å². The van der Waals surface area contributed by atoms with Crippen molar-refractivity contribution >= 4 is 22.5 Å². The molecule has 0 saturated heterocycles. The van der Waals surface area contributed by atoms with Crippen LogP contribution in [0.1, 0.15) is 5.56 Å². The van der Waals surface area contributed by atoms with Crippen molar-refractivity contribution in [2.75, 3.05) is 13.6 Å². The Labute approximate surface area is 155 Å². The average molecular weight is 408 g/mol. The zero-order chi connectivity index (χ0) is 20.3. The quantitative estimate of drug-likeness (QED) is 0.616. The molecule has 0 saturated carbocycles. The Morgan fingerprint density at radius 1 is 1.00 bits per heavy atom. The normalized spacial score (nSPS) is 12.7. The molecule has 148 valence electrons. The first-order valence-electron chi connectivity index (χ1n) is 8.42. The first-order chi connectivity index (χ1) is 11.6. The van der Waals surface area contributed by atoms with E-state index in [1.54, 1.807) is 18.2 Å². The lowest BCUT2D eigenvalue weighted by Crippen LogP contribution is -2.39. The van der Waals surface area contributed by atoms with Gasteiger partial charge in [-0.25, -0.2) is 0 Å². The summed E-state index contributed by atoms with van der Waals surface area (Å²) in [5, 5.41) is 0. The molecule has 1 amide bonds. The summed E-state index contributed by atoms with van der Waals surface area (Å²) in [6.07, 6.45) is -4.55. The van der Waals surface area contributed by atoms with Gasteiger partial charge >= 0.3 is 12.1 Å². The smallest absolute Gasteiger partial charge is 0.471 e. The maximum Gasteiger partial charge on any atom is 0.471 e. The van der Waals surface area contributed by atoms with E-state index in [0.717, 1.165) is 12.6 Å². The number of likely N-dealkylation sites (N-methyl/N-ethyl adjacent to an activating group) is 1. The molecule has 0 fully saturated rings. The third-order valence-electron chi connectivity index (χ3n) is 3.17. The van der Waals surface area contributed by atoms with Crippen LogP contribution >= 0.6 is 0 Å². The third-order valence-corrected chi connectivity index (χ3v) is 4.83. The molecule has 0 bridgehead atoms. The Hall–Kier alpha value is -1.49. The molecule has 0 spiro atoms. The molecule has 0 aliphatic rings. The number of alkyl halides is 3. The lowest BCUT2D eigenvalue weighted by molar-refractivity contribution is -0.184. The third kappa shape index (κ3) is 7.82. The highest BCUT2D eigenvalue weighted by Crippen LogP contribution is 2.33. The number of halogens is 3. The van der Waals surface area contributed by atoms with Crippen LogP contribution in [-0.2, 0) is 11.2 Å². The van der Waals surface area contributed by atoms with Gasteiger partial charge in [0.25, 0.3) is 0 Å². The number of hydrogen-bond donors (Lipinski definition) is 0. The number of carbonyl (C=O) groups excluding carboxylic acids is 1. The summed E-state index contributed by atoms with van der Waals surface area (Å²) >= 11 is 0. The van der Waals surface area contributed by atoms with Crippen LogP contribution in [0.4, 0.5) is 13.2 Å². The molecule has 0 radical (unpaired) electrons. The lowest BCUT2D eigenvalue weighted by Gasteiger charge is -2.26. The van der Waals surface area contributed by atoms with Gasteiger partial charge in [0.1, 0.15) is 11.5 Å². The van der Waals surface area contributed by atoms with Crippen LogP contribution in [0.3, 0.4) is 0 Å². The number of benzene rings is 1. The maximum absolute atomic E-state index is 12.5. The molecule has 4 nitrogen and oxygen atoms in total. The molecule has 26 heavy (non-hydrogen) atoms. The molecule has 0 N–H and O–H groups in total. The van der Waals surface area contributed by atoms with Crippen LogP contribution in [0.5, 0.6) is 11.5 Å². The van der Waals surface area contributed by atoms with Crippen molar-refractivity contribution in [1.82, 2.24) is 4.90 Å². The zero-order valence-electron chi connectivity index (χ0n) is 16.5. The van der Waals surface area contributed by atoms with Crippen molar-refractivity contribution in [3.05, 3.63) is 23.8 Å². The van der Waals surface area contributed by atoms with Crippen LogP contribution in [0.25, 0.3) is 0 Å². The Balaban J connectivity index is 2.97. The standard InChI is InChI=1S/C17H28F3NO3Si2/c1-21(16(22)17(18,19)20)11-10-13-8-9-14(23-25(2,3)4)15(12-13)24-26(5,6)7/h8-9,12H,10-11H2,1-7H3. The lowest BCUT2D eigenvalue weighted by atomic mass is 10.1. The number of rotatable bonds is 7. The molecular formula is C17H28F3NO3Si2. The van der Waals surface area contributed by atoms with Gasteiger partial charge < -0.3 is 13.8 Å². The number of amides is 1. The average Bonchev–Trinajstić information content (AvgIpc) is 2.42. The van der Waals surface area contributed by atoms with Gasteiger partial charge in [0.15, 0.2) is 0 Å². The summed E-state index contributed by atoms with van der Waals surface area (Å²) in [4.78, 5) is 11.9. The predicted octanol–water partition coefficient (Wildman–Crippen LogP) is 4.68. The fourth-order valence-electron chi connectivity index (χ4n) is 2.15. The second-order valence-electron chi connectivity index (χ2n) is 8.18. The minimum Gasteiger partial charge on any atom is -0.542 e. The van der Waals surface area contributed by atoms with E-state index in [1.165, 1.54) is 0 Å². The molecule has 0 aliphatic carbocycles. The SMILES string of the molecule is CN(CCc1ccc(O[Si](C)(C)C)c(O[Si](C)(C)C)c1)C(=O)C(F)(F)F. The Morgan fingerprint density at radius 3 is 1.96 bits per heavy atom. The van der Waals surface area contributed by atoms with Gasteiger partial charge in [0.2, 0.25) is 16.6 Å². The summed E-state index contributed by atoms with van der Waals surface area (Å²) in [5.74, 6) is -0.557. The molecule has 0 aromatic heterocycles. The van der Waals surface area contributed by atoms with E-state index in [9.17, 15) is 18.0 Å². The van der Waals surface area contributed by atoms with Gasteiger partial charge in [-0.1, -0.05) is 6.07 Å². The Morgan fingerprint density at radius 2 is 1.50 bits per heavy atom. The Bertz CT molecular complexity index is 638. The largest absolute Gasteiger partial charge is 0.542 e. The number of nitrogens with zero attached hydrogens (tertiary/aromatic N) is 1. The fourth-order valence-corrected chi connectivity index (χ4v) is 3.79. The molecule has 1 aromatic rings. The molecule has 1 aromatic carbocycles. The van der Waals surface area contributed by atoms with E-state index in [2.05, 4.69) is 19.6 Å². The van der Waals surface area contributed by atoms with Crippen molar-refractivity contribution in [2.45, 2.75) is 51.9 Å². The highest BCUT2D eigenvalue weighted by molar-refractivity contribution is 6.71. The van der Waals surface area contributed by atoms with E-state index in [4.69, 9.17) is 8.85 Å². The molecule has 0 atom stereocenters. The van der Waals surface area contributed by atoms with Gasteiger partial charge in [-0.15, -0.1) is 0 Å². The van der Waals surface area contributed by atoms with E-state index < -0.39 is 28.7 Å². The van der Waals surface area contributed by atoms with Crippen LogP contribution in [-0.4, -0.2) is 47.2 Å². The fraction of sp³-hybridized carbons (Fsp3) is 0.588. The maximum atomic E-state index is 12.5. The van der Waals surface area contributed by atoms with E-state index >= 15 is 0 Å². The molecule has 0 unspecified atom stereocenters. The predicted molar refractivity (Wildman–Crippen MR) is 102 cm³/mol. The summed E-state index contributed by atoms with van der Waals surface area (Å²) in [7, 11) is -2.58. The Kier molecular flexibility index (Phi) is 6.97. The second kappa shape index (κ2) is 8.04. The van der Waals surface area contributed by atoms with E-state index in [0.29, 0.717) is 22.8 Å². The summed E-state index contributed by atoms with van der Waals surface area (Å²) < 4.78 is 49.6. The van der Waals surface area contributed by atoms with E-state index in [-0.39, 0.29) is 6.54 Å². The topological polar surface area (TPSA) is 38.8 Å². The molecule has 0 aliphatic heterocycles. The van der Waals surface area contributed by atoms with Crippen molar-refractivity contribution in [2.24, 2.45) is 0 Å². The van der Waals surface area contributed by atoms with Gasteiger partial charge in [0.05, 0.1) is 0 Å². The minimum atomic E-state index is -4.85. The summed E-state index contributed by atoms with van der Waals surface area (Å²) in [5.41, 5.74) is 0.794. The first-order valence-corrected chi connectivity index (χ1v) is 15.2. The van der Waals surface area contributed by atoms with Crippen LogP contribution < -0.4 is 8.85 Å². The van der Waals surface area contributed by atoms with Crippen molar-refractivity contribution in [3.8, 4) is 11.5 Å². The summed E-state index contributed by atoms with van der Waals surface area (Å²) in [6, 6.07) is 5.41. The number of hydrogen-bond acceptors (Lipinski definition) is 3. The van der Waals surface area contributed by atoms with Gasteiger partial charge in [-0.3, -0.25) is 4.79 Å². The highest BCUT2D eigenvalue weighted by atomic mass is 28.4. The van der Waals surface area contributed by atoms with Gasteiger partial charge in [-0.2, -0.15) is 13.2 Å². The molecule has 0 heterocycles. The number of carbonyl (C=O) groups is 1. The second-order valence-corrected chi connectivity index (χ2v) is 17.0. The monoisotopic (exact) mass is 407 g/mol. The molecule has 1 rings (SSSR count). The van der Waals surface area contributed by atoms with Gasteiger partial charge in [-0.05, 0) is 63.4 Å². The van der Waals surface area contributed by atoms with Crippen molar-refractivity contribution in [1.29, 1.82) is 0 Å². The van der Waals surface area contributed by atoms with Crippen LogP contribution in [0, 0.1) is 0 Å². The van der Waals surface area contributed by atoms with Crippen LogP contribution in [0.2, 0.25) is 39.3 Å². The zero-order valence-corrected chi connectivity index (χ0v) is 18.5. The summed E-state index contributed by atoms with van der Waals surface area (Å²) in [6.45, 7) is 12.3.